The van der Waals surface area contributed by atoms with Crippen molar-refractivity contribution in [3.63, 3.8) is 0 Å². The van der Waals surface area contributed by atoms with Crippen molar-refractivity contribution >= 4 is 27.5 Å². The second kappa shape index (κ2) is 5.00. The zero-order chi connectivity index (χ0) is 13.1. The smallest absolute Gasteiger partial charge is 0.322 e. The van der Waals surface area contributed by atoms with E-state index in [1.807, 2.05) is 0 Å². The van der Waals surface area contributed by atoms with Gasteiger partial charge in [-0.1, -0.05) is 0 Å². The Morgan fingerprint density at radius 1 is 1.59 bits per heavy atom. The van der Waals surface area contributed by atoms with Gasteiger partial charge in [0.1, 0.15) is 5.82 Å². The fraction of sp³-hybridized carbons (Fsp3) is 0.333. The van der Waals surface area contributed by atoms with Gasteiger partial charge >= 0.3 is 5.97 Å². The summed E-state index contributed by atoms with van der Waals surface area (Å²) in [7, 11) is -2.69. The summed E-state index contributed by atoms with van der Waals surface area (Å²) in [6, 6.07) is 1.48. The molecule has 0 aliphatic carbocycles. The molecule has 0 bridgehead atoms. The number of anilines is 2. The Hall–Kier alpha value is -1.83. The molecule has 0 saturated heterocycles. The molecule has 1 heterocycles. The van der Waals surface area contributed by atoms with Crippen LogP contribution in [0, 0.1) is 6.92 Å². The van der Waals surface area contributed by atoms with E-state index >= 15 is 0 Å². The highest BCUT2D eigenvalue weighted by molar-refractivity contribution is 7.93. The molecule has 0 spiro atoms. The number of sulfonamides is 1. The highest BCUT2D eigenvalue weighted by atomic mass is 32.2. The van der Waals surface area contributed by atoms with E-state index in [4.69, 9.17) is 5.73 Å². The molecule has 1 aromatic rings. The summed E-state index contributed by atoms with van der Waals surface area (Å²) in [4.78, 5) is 14.6. The molecule has 7 nitrogen and oxygen atoms in total. The molecule has 0 aromatic carbocycles. The van der Waals surface area contributed by atoms with Gasteiger partial charge in [0, 0.05) is 0 Å². The van der Waals surface area contributed by atoms with Crippen molar-refractivity contribution in [1.82, 2.24) is 4.98 Å². The number of ether oxygens (including phenoxy) is 1. The number of aromatic nitrogens is 1. The standard InChI is InChI=1S/C9H13N3O4S/c1-6-3-8(11-4-7(6)10)12-17(14,15)5-9(13)16-2/h3-4H,5,10H2,1-2H3,(H,11,12). The quantitative estimate of drug-likeness (QED) is 0.729. The van der Waals surface area contributed by atoms with Gasteiger partial charge in [-0.25, -0.2) is 13.4 Å². The summed E-state index contributed by atoms with van der Waals surface area (Å²) in [5, 5.41) is 0. The van der Waals surface area contributed by atoms with Crippen LogP contribution in [0.3, 0.4) is 0 Å². The minimum Gasteiger partial charge on any atom is -0.468 e. The Kier molecular flexibility index (Phi) is 3.89. The number of aryl methyl sites for hydroxylation is 1. The highest BCUT2D eigenvalue weighted by Gasteiger charge is 2.17. The number of hydrogen-bond donors (Lipinski definition) is 2. The zero-order valence-corrected chi connectivity index (χ0v) is 10.2. The maximum absolute atomic E-state index is 11.5. The van der Waals surface area contributed by atoms with Crippen LogP contribution in [-0.2, 0) is 19.6 Å². The van der Waals surface area contributed by atoms with Gasteiger partial charge in [-0.3, -0.25) is 9.52 Å². The van der Waals surface area contributed by atoms with E-state index in [9.17, 15) is 13.2 Å². The lowest BCUT2D eigenvalue weighted by atomic mass is 10.2. The second-order valence-electron chi connectivity index (χ2n) is 3.36. The average Bonchev–Trinajstić information content (AvgIpc) is 2.22. The fourth-order valence-electron chi connectivity index (χ4n) is 1.03. The molecule has 0 radical (unpaired) electrons. The zero-order valence-electron chi connectivity index (χ0n) is 9.43. The predicted octanol–water partition coefficient (Wildman–Crippen LogP) is -0.113. The number of pyridine rings is 1. The minimum absolute atomic E-state index is 0.112. The van der Waals surface area contributed by atoms with Crippen LogP contribution in [0.2, 0.25) is 0 Å². The number of carbonyl (C=O) groups is 1. The van der Waals surface area contributed by atoms with E-state index in [2.05, 4.69) is 14.4 Å². The summed E-state index contributed by atoms with van der Waals surface area (Å²) in [5.74, 6) is -1.49. The van der Waals surface area contributed by atoms with Crippen molar-refractivity contribution in [2.45, 2.75) is 6.92 Å². The van der Waals surface area contributed by atoms with Gasteiger partial charge in [0.25, 0.3) is 0 Å². The van der Waals surface area contributed by atoms with Crippen LogP contribution in [0.5, 0.6) is 0 Å². The van der Waals surface area contributed by atoms with E-state index < -0.39 is 21.7 Å². The van der Waals surface area contributed by atoms with Gasteiger partial charge < -0.3 is 10.5 Å². The van der Waals surface area contributed by atoms with Gasteiger partial charge in [0.2, 0.25) is 10.0 Å². The lowest BCUT2D eigenvalue weighted by molar-refractivity contribution is -0.137. The Bertz CT molecular complexity index is 527. The molecule has 94 valence electrons. The molecule has 0 unspecified atom stereocenters. The Morgan fingerprint density at radius 3 is 2.76 bits per heavy atom. The van der Waals surface area contributed by atoms with E-state index in [1.54, 1.807) is 6.92 Å². The van der Waals surface area contributed by atoms with Crippen molar-refractivity contribution in [3.05, 3.63) is 17.8 Å². The SMILES string of the molecule is COC(=O)CS(=O)(=O)Nc1cc(C)c(N)cn1. The number of carbonyl (C=O) groups excluding carboxylic acids is 1. The Labute approximate surface area is 99.0 Å². The molecule has 0 amide bonds. The molecule has 0 fully saturated rings. The summed E-state index contributed by atoms with van der Waals surface area (Å²) in [5.41, 5.74) is 6.69. The fourth-order valence-corrected chi connectivity index (χ4v) is 1.96. The molecule has 0 aliphatic heterocycles. The molecule has 1 aromatic heterocycles. The van der Waals surface area contributed by atoms with E-state index in [0.29, 0.717) is 11.3 Å². The lowest BCUT2D eigenvalue weighted by Crippen LogP contribution is -2.24. The maximum Gasteiger partial charge on any atom is 0.322 e. The van der Waals surface area contributed by atoms with Crippen LogP contribution in [0.4, 0.5) is 11.5 Å². The molecule has 17 heavy (non-hydrogen) atoms. The summed E-state index contributed by atoms with van der Waals surface area (Å²) in [6.45, 7) is 1.72. The summed E-state index contributed by atoms with van der Waals surface area (Å²) < 4.78 is 29.4. The first-order valence-electron chi connectivity index (χ1n) is 4.63. The van der Waals surface area contributed by atoms with Crippen LogP contribution in [0.25, 0.3) is 0 Å². The molecule has 3 N–H and O–H groups in total. The van der Waals surface area contributed by atoms with Crippen LogP contribution in [0.15, 0.2) is 12.3 Å². The first-order valence-corrected chi connectivity index (χ1v) is 6.28. The number of hydrogen-bond acceptors (Lipinski definition) is 6. The molecule has 0 atom stereocenters. The van der Waals surface area contributed by atoms with Crippen molar-refractivity contribution in [1.29, 1.82) is 0 Å². The third-order valence-electron chi connectivity index (χ3n) is 1.95. The Balaban J connectivity index is 2.83. The number of nitrogen functional groups attached to an aromatic ring is 1. The van der Waals surface area contributed by atoms with Crippen LogP contribution >= 0.6 is 0 Å². The predicted molar refractivity (Wildman–Crippen MR) is 62.8 cm³/mol. The third-order valence-corrected chi connectivity index (χ3v) is 3.08. The largest absolute Gasteiger partial charge is 0.468 e. The second-order valence-corrected chi connectivity index (χ2v) is 5.09. The van der Waals surface area contributed by atoms with E-state index in [-0.39, 0.29) is 5.82 Å². The number of nitrogens with two attached hydrogens (primary N) is 1. The summed E-state index contributed by atoms with van der Waals surface area (Å²) in [6.07, 6.45) is 1.34. The van der Waals surface area contributed by atoms with Crippen molar-refractivity contribution in [2.24, 2.45) is 0 Å². The van der Waals surface area contributed by atoms with Crippen LogP contribution < -0.4 is 10.5 Å². The van der Waals surface area contributed by atoms with Crippen LogP contribution in [0.1, 0.15) is 5.56 Å². The third kappa shape index (κ3) is 3.91. The van der Waals surface area contributed by atoms with E-state index in [1.165, 1.54) is 12.3 Å². The number of esters is 1. The molecule has 8 heteroatoms. The molecule has 0 saturated carbocycles. The average molecular weight is 259 g/mol. The maximum atomic E-state index is 11.5. The number of nitrogens with zero attached hydrogens (tertiary/aromatic N) is 1. The van der Waals surface area contributed by atoms with Gasteiger partial charge in [-0.15, -0.1) is 0 Å². The Morgan fingerprint density at radius 2 is 2.24 bits per heavy atom. The van der Waals surface area contributed by atoms with Gasteiger partial charge in [-0.05, 0) is 18.6 Å². The minimum atomic E-state index is -3.80. The number of nitrogens with one attached hydrogen (secondary N) is 1. The normalized spacial score (nSPS) is 10.9. The van der Waals surface area contributed by atoms with Gasteiger partial charge in [-0.2, -0.15) is 0 Å². The first kappa shape index (κ1) is 13.2. The van der Waals surface area contributed by atoms with Crippen molar-refractivity contribution < 1.29 is 17.9 Å². The number of methoxy groups -OCH3 is 1. The van der Waals surface area contributed by atoms with Crippen LogP contribution in [-0.4, -0.2) is 32.2 Å². The lowest BCUT2D eigenvalue weighted by Gasteiger charge is -2.07. The van der Waals surface area contributed by atoms with Gasteiger partial charge in [0.15, 0.2) is 5.75 Å². The monoisotopic (exact) mass is 259 g/mol. The highest BCUT2D eigenvalue weighted by Crippen LogP contribution is 2.14. The summed E-state index contributed by atoms with van der Waals surface area (Å²) >= 11 is 0. The van der Waals surface area contributed by atoms with Crippen molar-refractivity contribution in [3.8, 4) is 0 Å². The molecule has 0 aliphatic rings. The topological polar surface area (TPSA) is 111 Å². The van der Waals surface area contributed by atoms with Crippen molar-refractivity contribution in [2.75, 3.05) is 23.3 Å². The molecular formula is C9H13N3O4S. The van der Waals surface area contributed by atoms with E-state index in [0.717, 1.165) is 7.11 Å². The number of rotatable bonds is 4. The molecule has 1 rings (SSSR count). The first-order chi connectivity index (χ1) is 7.84. The van der Waals surface area contributed by atoms with Gasteiger partial charge in [0.05, 0.1) is 19.0 Å². The molecular weight excluding hydrogens is 246 g/mol.